The van der Waals surface area contributed by atoms with Crippen LogP contribution in [-0.4, -0.2) is 37.8 Å². The third-order valence-corrected chi connectivity index (χ3v) is 5.57. The molecule has 0 spiro atoms. The van der Waals surface area contributed by atoms with Crippen molar-refractivity contribution in [3.05, 3.63) is 57.6 Å². The van der Waals surface area contributed by atoms with Crippen molar-refractivity contribution in [3.63, 3.8) is 0 Å². The first-order valence-corrected chi connectivity index (χ1v) is 10.0. The van der Waals surface area contributed by atoms with Gasteiger partial charge < -0.3 is 19.7 Å². The Morgan fingerprint density at radius 2 is 1.89 bits per heavy atom. The van der Waals surface area contributed by atoms with Crippen LogP contribution in [-0.2, 0) is 14.6 Å². The lowest BCUT2D eigenvalue weighted by molar-refractivity contribution is 0.0693. The molecule has 0 aromatic heterocycles. The molecule has 2 aliphatic heterocycles. The molecule has 0 atom stereocenters. The number of ether oxygens (including phenoxy) is 2. The Kier molecular flexibility index (Phi) is 6.68. The molecule has 0 fully saturated rings. The number of aromatic carboxylic acids is 1. The first-order chi connectivity index (χ1) is 12.8. The summed E-state index contributed by atoms with van der Waals surface area (Å²) in [5.41, 5.74) is -0.122. The predicted molar refractivity (Wildman–Crippen MR) is 100 cm³/mol. The van der Waals surface area contributed by atoms with Crippen LogP contribution >= 0.6 is 0 Å². The van der Waals surface area contributed by atoms with E-state index >= 15 is 0 Å². The van der Waals surface area contributed by atoms with Gasteiger partial charge in [-0.15, -0.1) is 0 Å². The topological polar surface area (TPSA) is 110 Å². The van der Waals surface area contributed by atoms with E-state index in [4.69, 9.17) is 14.6 Å². The van der Waals surface area contributed by atoms with Crippen LogP contribution < -0.4 is 4.74 Å². The van der Waals surface area contributed by atoms with Crippen LogP contribution in [0.1, 0.15) is 37.0 Å². The first kappa shape index (κ1) is 20.6. The van der Waals surface area contributed by atoms with Gasteiger partial charge in [-0.25, -0.2) is 13.2 Å². The van der Waals surface area contributed by atoms with E-state index in [0.29, 0.717) is 34.5 Å². The van der Waals surface area contributed by atoms with Gasteiger partial charge in [-0.05, 0) is 37.6 Å². The Labute approximate surface area is 158 Å². The Morgan fingerprint density at radius 1 is 1.15 bits per heavy atom. The maximum atomic E-state index is 11.5. The van der Waals surface area contributed by atoms with Gasteiger partial charge >= 0.3 is 5.97 Å². The standard InChI is InChI=1S/C10H12O3S.C9H10O4/c1-2-3-6-13-9-7-8-4-5-10(9)14(8,11)12;1-2-13-6-3-4-7(9(11)12)8(10)5-6/h4-5,7H,2-3,6H2,1H3;3-5,10H,2H2,1H3,(H,11,12). The van der Waals surface area contributed by atoms with E-state index in [-0.39, 0.29) is 11.3 Å². The van der Waals surface area contributed by atoms with E-state index < -0.39 is 15.8 Å². The summed E-state index contributed by atoms with van der Waals surface area (Å²) in [5, 5.41) is 17.8. The second-order valence-corrected chi connectivity index (χ2v) is 7.65. The zero-order valence-electron chi connectivity index (χ0n) is 15.1. The molecule has 1 aromatic carbocycles. The maximum Gasteiger partial charge on any atom is 0.339 e. The highest BCUT2D eigenvalue weighted by atomic mass is 32.2. The molecule has 0 radical (unpaired) electrons. The zero-order chi connectivity index (χ0) is 20.0. The number of phenols is 1. The molecular formula is C19H22O7S. The number of sulfone groups is 1. The van der Waals surface area contributed by atoms with Crippen LogP contribution in [0.25, 0.3) is 0 Å². The number of aromatic hydroxyl groups is 1. The van der Waals surface area contributed by atoms with Gasteiger partial charge in [0.25, 0.3) is 0 Å². The quantitative estimate of drug-likeness (QED) is 0.682. The first-order valence-electron chi connectivity index (χ1n) is 8.52. The average Bonchev–Trinajstić information content (AvgIpc) is 3.03. The number of hydrogen-bond acceptors (Lipinski definition) is 6. The van der Waals surface area contributed by atoms with Crippen LogP contribution in [0.3, 0.4) is 0 Å². The van der Waals surface area contributed by atoms with Gasteiger partial charge in [0.1, 0.15) is 27.7 Å². The molecule has 1 aromatic rings. The minimum Gasteiger partial charge on any atom is -0.507 e. The molecule has 2 heterocycles. The highest BCUT2D eigenvalue weighted by Crippen LogP contribution is 2.37. The lowest BCUT2D eigenvalue weighted by Crippen LogP contribution is -1.97. The Bertz CT molecular complexity index is 908. The molecule has 146 valence electrons. The Balaban J connectivity index is 0.000000194. The molecule has 0 saturated heterocycles. The summed E-state index contributed by atoms with van der Waals surface area (Å²) in [6.07, 6.45) is 6.80. The molecule has 2 bridgehead atoms. The zero-order valence-corrected chi connectivity index (χ0v) is 16.0. The summed E-state index contributed by atoms with van der Waals surface area (Å²) in [6, 6.07) is 4.10. The van der Waals surface area contributed by atoms with Gasteiger partial charge in [0.15, 0.2) is 0 Å². The number of carboxylic acid groups (broad SMARTS) is 1. The van der Waals surface area contributed by atoms with Crippen molar-refractivity contribution >= 4 is 15.8 Å². The van der Waals surface area contributed by atoms with Gasteiger partial charge in [-0.1, -0.05) is 13.3 Å². The van der Waals surface area contributed by atoms with Crippen molar-refractivity contribution in [2.75, 3.05) is 13.2 Å². The van der Waals surface area contributed by atoms with E-state index in [0.717, 1.165) is 12.8 Å². The number of benzene rings is 1. The molecule has 8 heteroatoms. The van der Waals surface area contributed by atoms with Gasteiger partial charge in [0, 0.05) is 12.1 Å². The summed E-state index contributed by atoms with van der Waals surface area (Å²) in [7, 11) is -3.17. The maximum absolute atomic E-state index is 11.5. The van der Waals surface area contributed by atoms with Crippen molar-refractivity contribution in [1.29, 1.82) is 0 Å². The SMILES string of the molecule is CCCCOC1=C2C=CC(=C1)S2(=O)=O.CCOc1ccc(C(=O)O)c(O)c1. The van der Waals surface area contributed by atoms with Crippen molar-refractivity contribution < 1.29 is 32.9 Å². The number of hydrogen-bond donors (Lipinski definition) is 2. The number of unbranched alkanes of at least 4 members (excludes halogenated alkanes) is 1. The monoisotopic (exact) mass is 394 g/mol. The highest BCUT2D eigenvalue weighted by molar-refractivity contribution is 8.00. The minimum atomic E-state index is -3.17. The van der Waals surface area contributed by atoms with Crippen molar-refractivity contribution in [1.82, 2.24) is 0 Å². The third kappa shape index (κ3) is 4.71. The van der Waals surface area contributed by atoms with Crippen molar-refractivity contribution in [2.24, 2.45) is 0 Å². The van der Waals surface area contributed by atoms with Crippen LogP contribution in [0, 0.1) is 0 Å². The molecule has 2 aliphatic rings. The number of carbonyl (C=O) groups is 1. The minimum absolute atomic E-state index is 0.122. The molecule has 0 aliphatic carbocycles. The molecule has 0 amide bonds. The smallest absolute Gasteiger partial charge is 0.339 e. The van der Waals surface area contributed by atoms with Crippen LogP contribution in [0.2, 0.25) is 0 Å². The fourth-order valence-electron chi connectivity index (χ4n) is 2.39. The molecule has 2 N–H and O–H groups in total. The van der Waals surface area contributed by atoms with Crippen molar-refractivity contribution in [3.8, 4) is 11.5 Å². The van der Waals surface area contributed by atoms with E-state index in [2.05, 4.69) is 6.92 Å². The second kappa shape index (κ2) is 8.77. The van der Waals surface area contributed by atoms with Crippen LogP contribution in [0.4, 0.5) is 0 Å². The van der Waals surface area contributed by atoms with Crippen LogP contribution in [0.15, 0.2) is 52.0 Å². The third-order valence-electron chi connectivity index (χ3n) is 3.78. The van der Waals surface area contributed by atoms with E-state index in [1.54, 1.807) is 18.2 Å². The highest BCUT2D eigenvalue weighted by Gasteiger charge is 2.34. The Hall–Kier alpha value is -2.74. The normalized spacial score (nSPS) is 15.9. The molecule has 3 rings (SSSR count). The molecular weight excluding hydrogens is 372 g/mol. The van der Waals surface area contributed by atoms with Crippen molar-refractivity contribution in [2.45, 2.75) is 26.7 Å². The van der Waals surface area contributed by atoms with Gasteiger partial charge in [-0.3, -0.25) is 0 Å². The van der Waals surface area contributed by atoms with Crippen LogP contribution in [0.5, 0.6) is 11.5 Å². The number of rotatable bonds is 7. The molecule has 0 saturated carbocycles. The summed E-state index contributed by atoms with van der Waals surface area (Å²) in [5.74, 6) is -0.458. The molecule has 0 unspecified atom stereocenters. The predicted octanol–water partition coefficient (Wildman–Crippen LogP) is 3.39. The fraction of sp³-hybridized carbons (Fsp3) is 0.316. The van der Waals surface area contributed by atoms with Gasteiger partial charge in [-0.2, -0.15) is 0 Å². The summed E-state index contributed by atoms with van der Waals surface area (Å²) in [6.45, 7) is 4.94. The van der Waals surface area contributed by atoms with E-state index in [1.165, 1.54) is 18.2 Å². The summed E-state index contributed by atoms with van der Waals surface area (Å²) < 4.78 is 33.5. The van der Waals surface area contributed by atoms with E-state index in [1.807, 2.05) is 6.92 Å². The Morgan fingerprint density at radius 3 is 2.37 bits per heavy atom. The summed E-state index contributed by atoms with van der Waals surface area (Å²) >= 11 is 0. The fourth-order valence-corrected chi connectivity index (χ4v) is 3.79. The number of allylic oxidation sites excluding steroid dienone is 3. The van der Waals surface area contributed by atoms with Gasteiger partial charge in [0.2, 0.25) is 9.84 Å². The number of fused-ring (bicyclic) bond motifs is 2. The largest absolute Gasteiger partial charge is 0.507 e. The lowest BCUT2D eigenvalue weighted by atomic mass is 10.2. The average molecular weight is 394 g/mol. The van der Waals surface area contributed by atoms with E-state index in [9.17, 15) is 18.3 Å². The number of carboxylic acids is 1. The van der Waals surface area contributed by atoms with Gasteiger partial charge in [0.05, 0.1) is 18.1 Å². The lowest BCUT2D eigenvalue weighted by Gasteiger charge is -2.05. The molecule has 27 heavy (non-hydrogen) atoms. The molecule has 7 nitrogen and oxygen atoms in total. The summed E-state index contributed by atoms with van der Waals surface area (Å²) in [4.78, 5) is 11.2. The second-order valence-electron chi connectivity index (χ2n) is 5.73.